The molecule has 136 heavy (non-hydrogen) atoms. The molecule has 10 heterocycles. The lowest BCUT2D eigenvalue weighted by Crippen LogP contribution is -2.26. The minimum Gasteiger partial charge on any atom is -0.416 e. The lowest BCUT2D eigenvalue weighted by molar-refractivity contribution is 0.398. The van der Waals surface area contributed by atoms with Crippen molar-refractivity contribution in [3.8, 4) is 170 Å². The van der Waals surface area contributed by atoms with Gasteiger partial charge in [-0.2, -0.15) is 0 Å². The molecule has 0 amide bonds. The predicted octanol–water partition coefficient (Wildman–Crippen LogP) is 40.7. The maximum absolute atomic E-state index is 6.15. The molecular formula is C122H124N4O2S8. The minimum absolute atomic E-state index is 0.0120. The number of aryl methyl sites for hydroxylation is 4. The molecule has 0 fully saturated rings. The van der Waals surface area contributed by atoms with Crippen molar-refractivity contribution in [2.45, 2.75) is 246 Å². The van der Waals surface area contributed by atoms with Crippen molar-refractivity contribution in [2.75, 3.05) is 0 Å². The van der Waals surface area contributed by atoms with E-state index in [4.69, 9.17) is 8.83 Å². The van der Waals surface area contributed by atoms with E-state index in [1.54, 1.807) is 11.1 Å². The van der Waals surface area contributed by atoms with Gasteiger partial charge in [-0.25, -0.2) is 0 Å². The molecule has 6 nitrogen and oxygen atoms in total. The van der Waals surface area contributed by atoms with Gasteiger partial charge in [0.2, 0.25) is 23.6 Å². The Morgan fingerprint density at radius 2 is 0.434 bits per heavy atom. The molecule has 0 radical (unpaired) electrons. The van der Waals surface area contributed by atoms with Gasteiger partial charge >= 0.3 is 0 Å². The van der Waals surface area contributed by atoms with Gasteiger partial charge in [0, 0.05) is 101 Å². The van der Waals surface area contributed by atoms with Crippen LogP contribution in [0.4, 0.5) is 0 Å². The molecule has 8 aromatic carbocycles. The molecule has 2 aliphatic rings. The summed E-state index contributed by atoms with van der Waals surface area (Å²) in [5, 5.41) is 21.9. The second kappa shape index (κ2) is 44.2. The van der Waals surface area contributed by atoms with Crippen molar-refractivity contribution in [1.29, 1.82) is 0 Å². The fourth-order valence-electron chi connectivity index (χ4n) is 21.0. The Morgan fingerprint density at radius 3 is 0.706 bits per heavy atom. The van der Waals surface area contributed by atoms with Crippen LogP contribution in [0, 0.1) is 27.7 Å². The number of nitrogens with zero attached hydrogens (tertiary/aromatic N) is 4. The van der Waals surface area contributed by atoms with Crippen LogP contribution in [0.5, 0.6) is 0 Å². The average Bonchev–Trinajstić information content (AvgIpc) is 1.56. The molecule has 18 aromatic rings. The molecule has 0 aliphatic heterocycles. The monoisotopic (exact) mass is 1930 g/mol. The highest BCUT2D eigenvalue weighted by Gasteiger charge is 2.46. The normalized spacial score (nSPS) is 12.8. The first-order chi connectivity index (χ1) is 66.8. The number of thiophene rings is 8. The lowest BCUT2D eigenvalue weighted by atomic mass is 9.69. The van der Waals surface area contributed by atoms with Crippen LogP contribution >= 0.6 is 90.7 Å². The molecule has 0 unspecified atom stereocenters. The number of benzene rings is 8. The lowest BCUT2D eigenvalue weighted by Gasteiger charge is -2.34. The Hall–Kier alpha value is -10.4. The third kappa shape index (κ3) is 20.7. The number of hydrogen-bond acceptors (Lipinski definition) is 14. The van der Waals surface area contributed by atoms with Crippen molar-refractivity contribution < 1.29 is 8.83 Å². The molecule has 0 bridgehead atoms. The van der Waals surface area contributed by atoms with Crippen LogP contribution in [0.25, 0.3) is 170 Å². The molecule has 0 N–H and O–H groups in total. The quantitative estimate of drug-likeness (QED) is 0.0355. The van der Waals surface area contributed by atoms with Gasteiger partial charge in [-0.1, -0.05) is 279 Å². The Kier molecular flexibility index (Phi) is 30.7. The van der Waals surface area contributed by atoms with Crippen molar-refractivity contribution in [3.63, 3.8) is 0 Å². The highest BCUT2D eigenvalue weighted by molar-refractivity contribution is 7.30. The Bertz CT molecular complexity index is 6560. The maximum Gasteiger partial charge on any atom is 0.248 e. The van der Waals surface area contributed by atoms with Gasteiger partial charge in [0.15, 0.2) is 0 Å². The summed E-state index contributed by atoms with van der Waals surface area (Å²) in [5.41, 5.74) is 28.7. The van der Waals surface area contributed by atoms with Gasteiger partial charge in [0.1, 0.15) is 0 Å². The maximum atomic E-state index is 6.15. The Labute approximate surface area is 838 Å². The second-order valence-electron chi connectivity index (χ2n) is 37.7. The summed E-state index contributed by atoms with van der Waals surface area (Å²) in [4.78, 5) is 19.1. The van der Waals surface area contributed by atoms with Crippen LogP contribution in [-0.4, -0.2) is 20.4 Å². The Balaban J connectivity index is 0.000000175. The van der Waals surface area contributed by atoms with E-state index in [0.29, 0.717) is 23.6 Å². The van der Waals surface area contributed by atoms with Crippen molar-refractivity contribution in [3.05, 3.63) is 310 Å². The zero-order valence-corrected chi connectivity index (χ0v) is 86.6. The number of hydrogen-bond donors (Lipinski definition) is 0. The highest BCUT2D eigenvalue weighted by Crippen LogP contribution is 2.61. The molecule has 14 heteroatoms. The molecule has 0 atom stereocenters. The fraction of sp³-hybridized carbons (Fsp3) is 0.311. The zero-order valence-electron chi connectivity index (χ0n) is 80.1. The summed E-state index contributed by atoms with van der Waals surface area (Å²) in [5.74, 6) is 2.12. The highest BCUT2D eigenvalue weighted by atomic mass is 32.1. The first-order valence-electron chi connectivity index (χ1n) is 50.1. The van der Waals surface area contributed by atoms with Crippen molar-refractivity contribution >= 4 is 90.7 Å². The first kappa shape index (κ1) is 94.6. The standard InChI is InChI=1S/C63H62S8.C59H62N4O2/c1-5-7-9-11-13-15-33-63(34-16-14-12-10-8-6-2)47-39-43(49-21-23-55(66-49)57-29-31-61(70-57)59-27-25-53(68-59)51-19-17-35-64-51)41(3)37-45(47)46-38-42(4)44(40-48(46)63)50-22-24-56(67-50)58-30-32-62(71-58)60-28-26-54(69-60)52-20-18-36-65-52;1-5-7-9-11-13-21-35-59(36-22-14-12-10-8-6-2)53-39-49(43-27-31-47(32-28-43)57-62-60-55(64-57)45-23-17-15-18-24-45)41(3)37-51(53)52-38-42(4)50(40-54(52)59)44-29-33-48(34-30-44)58-63-61-56(65-58)46-25-19-16-20-26-46/h17-32,35-40H,5-16,33-34H2,1-4H3;15-20,23-34,37-40H,5-14,21-22,35-36H2,1-4H3. The molecule has 0 saturated heterocycles. The van der Waals surface area contributed by atoms with Gasteiger partial charge in [0.05, 0.1) is 0 Å². The van der Waals surface area contributed by atoms with E-state index in [-0.39, 0.29) is 10.8 Å². The largest absolute Gasteiger partial charge is 0.416 e. The van der Waals surface area contributed by atoms with Crippen LogP contribution in [0.3, 0.4) is 0 Å². The number of unbranched alkanes of at least 4 members (excludes halogenated alkanes) is 20. The molecule has 20 rings (SSSR count). The van der Waals surface area contributed by atoms with Crippen molar-refractivity contribution in [2.24, 2.45) is 0 Å². The van der Waals surface area contributed by atoms with Crippen LogP contribution in [0.2, 0.25) is 0 Å². The third-order valence-electron chi connectivity index (χ3n) is 28.4. The van der Waals surface area contributed by atoms with Crippen LogP contribution in [0.1, 0.15) is 252 Å². The predicted molar refractivity (Wildman–Crippen MR) is 591 cm³/mol. The topological polar surface area (TPSA) is 77.8 Å². The SMILES string of the molecule is CCCCCCCCC1(CCCCCCCC)c2cc(-c3ccc(-c4ccc(-c5ccc(-c6cccs6)s5)s4)s3)c(C)cc2-c2cc(C)c(-c3ccc(-c4ccc(-c5ccc(-c6cccs6)s5)s4)s3)cc21.CCCCCCCCC1(CCCCCCCC)c2cc(-c3ccc(-c4nnc(-c5ccccc5)o4)cc3)c(C)cc2-c2cc(C)c(-c3ccc(-c4nnc(-c5ccccc5)o4)cc3)cc21. The minimum atomic E-state index is -0.0832. The van der Waals surface area contributed by atoms with Gasteiger partial charge in [0.25, 0.3) is 0 Å². The fourth-order valence-corrected chi connectivity index (χ4v) is 29.3. The third-order valence-corrected chi connectivity index (χ3v) is 37.9. The molecular weight excluding hydrogens is 1810 g/mol. The van der Waals surface area contributed by atoms with Gasteiger partial charge < -0.3 is 8.83 Å². The smallest absolute Gasteiger partial charge is 0.248 e. The van der Waals surface area contributed by atoms with E-state index in [9.17, 15) is 0 Å². The summed E-state index contributed by atoms with van der Waals surface area (Å²) in [6.07, 6.45) is 36.0. The summed E-state index contributed by atoms with van der Waals surface area (Å²) in [7, 11) is 0. The van der Waals surface area contributed by atoms with Crippen molar-refractivity contribution in [1.82, 2.24) is 20.4 Å². The van der Waals surface area contributed by atoms with E-state index in [0.717, 1.165) is 35.1 Å². The molecule has 0 saturated carbocycles. The molecule has 692 valence electrons. The number of fused-ring (bicyclic) bond motifs is 6. The van der Waals surface area contributed by atoms with Gasteiger partial charge in [-0.15, -0.1) is 111 Å². The van der Waals surface area contributed by atoms with Crippen LogP contribution < -0.4 is 0 Å². The molecule has 2 aliphatic carbocycles. The van der Waals surface area contributed by atoms with E-state index in [2.05, 4.69) is 281 Å². The summed E-state index contributed by atoms with van der Waals surface area (Å²) >= 11 is 15.3. The zero-order chi connectivity index (χ0) is 92.9. The number of aromatic nitrogens is 4. The summed E-state index contributed by atoms with van der Waals surface area (Å²) in [6.45, 7) is 18.6. The number of rotatable bonds is 42. The Morgan fingerprint density at radius 1 is 0.206 bits per heavy atom. The van der Waals surface area contributed by atoms with Crippen LogP contribution in [-0.2, 0) is 10.8 Å². The van der Waals surface area contributed by atoms with E-state index in [1.165, 1.54) is 324 Å². The van der Waals surface area contributed by atoms with E-state index in [1.807, 2.05) is 151 Å². The molecule has 0 spiro atoms. The van der Waals surface area contributed by atoms with Gasteiger partial charge in [-0.3, -0.25) is 0 Å². The van der Waals surface area contributed by atoms with Gasteiger partial charge in [-0.05, 0) is 322 Å². The first-order valence-corrected chi connectivity index (χ1v) is 56.8. The summed E-state index contributed by atoms with van der Waals surface area (Å²) < 4.78 is 12.3. The average molecular weight is 1930 g/mol. The second-order valence-corrected chi connectivity index (χ2v) is 46.1. The summed E-state index contributed by atoms with van der Waals surface area (Å²) in [6, 6.07) is 94.9. The molecule has 10 aromatic heterocycles. The van der Waals surface area contributed by atoms with E-state index >= 15 is 0 Å². The van der Waals surface area contributed by atoms with E-state index < -0.39 is 0 Å². The van der Waals surface area contributed by atoms with Crippen LogP contribution in [0.15, 0.2) is 274 Å².